The molecule has 0 N–H and O–H groups in total. The van der Waals surface area contributed by atoms with E-state index in [1.165, 1.54) is 6.92 Å². The number of fused-ring (bicyclic) bond motifs is 1. The molecule has 3 fully saturated rings. The van der Waals surface area contributed by atoms with E-state index in [4.69, 9.17) is 9.47 Å². The van der Waals surface area contributed by atoms with Crippen LogP contribution >= 0.6 is 0 Å². The monoisotopic (exact) mass is 399 g/mol. The van der Waals surface area contributed by atoms with Crippen LogP contribution in [0.25, 0.3) is 0 Å². The van der Waals surface area contributed by atoms with Crippen molar-refractivity contribution in [3.63, 3.8) is 0 Å². The van der Waals surface area contributed by atoms with Crippen molar-refractivity contribution in [3.05, 3.63) is 35.9 Å². The summed E-state index contributed by atoms with van der Waals surface area (Å²) in [5, 5.41) is 0. The zero-order chi connectivity index (χ0) is 21.1. The number of benzene rings is 1. The van der Waals surface area contributed by atoms with Gasteiger partial charge in [-0.15, -0.1) is 0 Å². The summed E-state index contributed by atoms with van der Waals surface area (Å²) in [5.74, 6) is -1.84. The van der Waals surface area contributed by atoms with Gasteiger partial charge in [-0.2, -0.15) is 0 Å². The molecule has 6 heteroatoms. The molecular formula is C23H29NO5. The molecule has 0 spiro atoms. The highest BCUT2D eigenvalue weighted by atomic mass is 16.6. The van der Waals surface area contributed by atoms with Crippen molar-refractivity contribution in [3.8, 4) is 0 Å². The van der Waals surface area contributed by atoms with Crippen molar-refractivity contribution in [2.45, 2.75) is 64.8 Å². The average molecular weight is 399 g/mol. The Morgan fingerprint density at radius 1 is 1.14 bits per heavy atom. The number of ether oxygens (including phenoxy) is 2. The lowest BCUT2D eigenvalue weighted by atomic mass is 9.78. The van der Waals surface area contributed by atoms with Crippen LogP contribution in [-0.2, 0) is 29.5 Å². The number of rotatable bonds is 5. The van der Waals surface area contributed by atoms with E-state index in [9.17, 15) is 14.4 Å². The Kier molecular flexibility index (Phi) is 4.71. The fourth-order valence-electron chi connectivity index (χ4n) is 5.83. The maximum absolute atomic E-state index is 13.3. The summed E-state index contributed by atoms with van der Waals surface area (Å²) in [4.78, 5) is 40.1. The lowest BCUT2D eigenvalue weighted by Gasteiger charge is -2.36. The van der Waals surface area contributed by atoms with Crippen LogP contribution in [0.15, 0.2) is 30.3 Å². The average Bonchev–Trinajstić information content (AvgIpc) is 3.24. The Morgan fingerprint density at radius 3 is 2.38 bits per heavy atom. The predicted octanol–water partition coefficient (Wildman–Crippen LogP) is 2.90. The van der Waals surface area contributed by atoms with Crippen molar-refractivity contribution in [2.75, 3.05) is 0 Å². The third-order valence-electron chi connectivity index (χ3n) is 6.87. The van der Waals surface area contributed by atoms with Gasteiger partial charge in [0, 0.05) is 18.9 Å². The van der Waals surface area contributed by atoms with Gasteiger partial charge in [-0.05, 0) is 45.6 Å². The molecule has 29 heavy (non-hydrogen) atoms. The number of hydrogen-bond donors (Lipinski definition) is 0. The van der Waals surface area contributed by atoms with E-state index in [0.29, 0.717) is 6.42 Å². The highest BCUT2D eigenvalue weighted by molar-refractivity contribution is 5.90. The normalized spacial score (nSPS) is 32.8. The molecule has 1 aliphatic heterocycles. The van der Waals surface area contributed by atoms with Gasteiger partial charge in [-0.1, -0.05) is 30.3 Å². The summed E-state index contributed by atoms with van der Waals surface area (Å²) < 4.78 is 11.6. The Labute approximate surface area is 171 Å². The topological polar surface area (TPSA) is 72.9 Å². The number of carbonyl (C=O) groups excluding carboxylic acids is 3. The number of carbonyl (C=O) groups is 3. The van der Waals surface area contributed by atoms with Crippen LogP contribution in [0.3, 0.4) is 0 Å². The lowest BCUT2D eigenvalue weighted by Crippen LogP contribution is -2.48. The molecule has 2 bridgehead atoms. The summed E-state index contributed by atoms with van der Waals surface area (Å²) in [6.45, 7) is 9.03. The molecule has 0 aromatic heterocycles. The number of nitrogens with zero attached hydrogens (tertiary/aromatic N) is 1. The first-order valence-electron chi connectivity index (χ1n) is 10.4. The minimum absolute atomic E-state index is 0.00709. The summed E-state index contributed by atoms with van der Waals surface area (Å²) in [7, 11) is 0. The van der Waals surface area contributed by atoms with E-state index >= 15 is 0 Å². The molecule has 1 aromatic carbocycles. The van der Waals surface area contributed by atoms with Crippen LogP contribution in [0, 0.1) is 23.7 Å². The maximum atomic E-state index is 13.3. The molecule has 1 amide bonds. The first-order chi connectivity index (χ1) is 13.6. The summed E-state index contributed by atoms with van der Waals surface area (Å²) in [6.07, 6.45) is 0.272. The molecular weight excluding hydrogens is 370 g/mol. The van der Waals surface area contributed by atoms with Crippen LogP contribution in [0.5, 0.6) is 0 Å². The van der Waals surface area contributed by atoms with Gasteiger partial charge in [0.15, 0.2) is 0 Å². The van der Waals surface area contributed by atoms with E-state index in [0.717, 1.165) is 5.56 Å². The SMILES string of the molecule is CC(=O)OC1C2CC3C(C(=O)N(C(C)C)C31)C2C(=O)OC(C)(C)c1ccccc1. The molecule has 1 aromatic rings. The van der Waals surface area contributed by atoms with E-state index in [1.54, 1.807) is 0 Å². The van der Waals surface area contributed by atoms with Gasteiger partial charge < -0.3 is 14.4 Å². The molecule has 6 unspecified atom stereocenters. The zero-order valence-corrected chi connectivity index (χ0v) is 17.6. The number of esters is 2. The first-order valence-corrected chi connectivity index (χ1v) is 10.4. The highest BCUT2D eigenvalue weighted by Crippen LogP contribution is 2.60. The molecule has 2 saturated carbocycles. The number of hydrogen-bond acceptors (Lipinski definition) is 5. The van der Waals surface area contributed by atoms with Gasteiger partial charge in [-0.3, -0.25) is 14.4 Å². The Balaban J connectivity index is 1.63. The second kappa shape index (κ2) is 6.85. The second-order valence-corrected chi connectivity index (χ2v) is 9.32. The largest absolute Gasteiger partial charge is 0.460 e. The van der Waals surface area contributed by atoms with Crippen LogP contribution < -0.4 is 0 Å². The van der Waals surface area contributed by atoms with Gasteiger partial charge in [0.1, 0.15) is 11.7 Å². The number of amides is 1. The Hall–Kier alpha value is -2.37. The summed E-state index contributed by atoms with van der Waals surface area (Å²) in [6, 6.07) is 9.44. The van der Waals surface area contributed by atoms with Crippen molar-refractivity contribution >= 4 is 17.8 Å². The predicted molar refractivity (Wildman–Crippen MR) is 105 cm³/mol. The fourth-order valence-corrected chi connectivity index (χ4v) is 5.83. The minimum Gasteiger partial charge on any atom is -0.460 e. The van der Waals surface area contributed by atoms with E-state index in [1.807, 2.05) is 62.9 Å². The van der Waals surface area contributed by atoms with Crippen molar-refractivity contribution < 1.29 is 23.9 Å². The molecule has 4 rings (SSSR count). The molecule has 0 radical (unpaired) electrons. The van der Waals surface area contributed by atoms with Crippen LogP contribution in [0.1, 0.15) is 46.6 Å². The second-order valence-electron chi connectivity index (χ2n) is 9.32. The highest BCUT2D eigenvalue weighted by Gasteiger charge is 2.71. The molecule has 6 atom stereocenters. The Bertz CT molecular complexity index is 833. The fraction of sp³-hybridized carbons (Fsp3) is 0.609. The zero-order valence-electron chi connectivity index (χ0n) is 17.6. The quantitative estimate of drug-likeness (QED) is 0.712. The molecule has 1 saturated heterocycles. The standard InChI is InChI=1S/C23H29NO5/c1-12(2)24-19-15-11-16(20(19)28-13(3)25)18(17(15)21(24)26)22(27)29-23(4,5)14-9-7-6-8-10-14/h6-10,12,15-20H,11H2,1-5H3. The Morgan fingerprint density at radius 2 is 1.79 bits per heavy atom. The van der Waals surface area contributed by atoms with E-state index in [-0.39, 0.29) is 47.7 Å². The molecule has 156 valence electrons. The van der Waals surface area contributed by atoms with Crippen LogP contribution in [0.2, 0.25) is 0 Å². The molecule has 3 aliphatic rings. The van der Waals surface area contributed by atoms with Crippen molar-refractivity contribution in [1.82, 2.24) is 4.90 Å². The van der Waals surface area contributed by atoms with Gasteiger partial charge in [-0.25, -0.2) is 0 Å². The third kappa shape index (κ3) is 3.04. The van der Waals surface area contributed by atoms with Crippen molar-refractivity contribution in [2.24, 2.45) is 23.7 Å². The van der Waals surface area contributed by atoms with E-state index < -0.39 is 17.6 Å². The minimum atomic E-state index is -0.810. The number of likely N-dealkylation sites (tertiary alicyclic amines) is 1. The van der Waals surface area contributed by atoms with E-state index in [2.05, 4.69) is 0 Å². The maximum Gasteiger partial charge on any atom is 0.311 e. The molecule has 2 aliphatic carbocycles. The van der Waals surface area contributed by atoms with Crippen molar-refractivity contribution in [1.29, 1.82) is 0 Å². The molecule has 1 heterocycles. The van der Waals surface area contributed by atoms with Crippen LogP contribution in [0.4, 0.5) is 0 Å². The van der Waals surface area contributed by atoms with Crippen LogP contribution in [-0.4, -0.2) is 40.9 Å². The summed E-state index contributed by atoms with van der Waals surface area (Å²) >= 11 is 0. The van der Waals surface area contributed by atoms with Gasteiger partial charge >= 0.3 is 11.9 Å². The smallest absolute Gasteiger partial charge is 0.311 e. The molecule has 6 nitrogen and oxygen atoms in total. The lowest BCUT2D eigenvalue weighted by molar-refractivity contribution is -0.172. The van der Waals surface area contributed by atoms with Gasteiger partial charge in [0.05, 0.1) is 17.9 Å². The van der Waals surface area contributed by atoms with Gasteiger partial charge in [0.2, 0.25) is 5.91 Å². The first kappa shape index (κ1) is 19.9. The summed E-state index contributed by atoms with van der Waals surface area (Å²) in [5.41, 5.74) is 0.0862. The van der Waals surface area contributed by atoms with Gasteiger partial charge in [0.25, 0.3) is 0 Å². The third-order valence-corrected chi connectivity index (χ3v) is 6.87.